The summed E-state index contributed by atoms with van der Waals surface area (Å²) in [6, 6.07) is 17.2. The quantitative estimate of drug-likeness (QED) is 0.395. The number of hydrogen-bond donors (Lipinski definition) is 2. The van der Waals surface area contributed by atoms with Crippen molar-refractivity contribution in [2.75, 3.05) is 63.7 Å². The van der Waals surface area contributed by atoms with Gasteiger partial charge in [-0.2, -0.15) is 0 Å². The topological polar surface area (TPSA) is 109 Å². The minimum atomic E-state index is -0.0718. The molecule has 2 amide bonds. The van der Waals surface area contributed by atoms with Crippen LogP contribution in [0.2, 0.25) is 0 Å². The van der Waals surface area contributed by atoms with Gasteiger partial charge in [-0.05, 0) is 18.2 Å². The van der Waals surface area contributed by atoms with E-state index >= 15 is 0 Å². The van der Waals surface area contributed by atoms with Crippen LogP contribution in [0.5, 0.6) is 11.5 Å². The molecule has 0 atom stereocenters. The van der Waals surface area contributed by atoms with Crippen molar-refractivity contribution in [2.24, 2.45) is 0 Å². The first-order valence-corrected chi connectivity index (χ1v) is 12.6. The first-order valence-electron chi connectivity index (χ1n) is 12.6. The van der Waals surface area contributed by atoms with E-state index in [0.717, 1.165) is 16.9 Å². The average molecular weight is 519 g/mol. The number of carbonyl (C=O) groups excluding carboxylic acids is 2. The number of nitrogens with one attached hydrogen (secondary N) is 2. The zero-order valence-corrected chi connectivity index (χ0v) is 22.1. The lowest BCUT2D eigenvalue weighted by molar-refractivity contribution is -0.130. The first kappa shape index (κ1) is 26.7. The van der Waals surface area contributed by atoms with Crippen molar-refractivity contribution in [3.8, 4) is 22.9 Å². The highest BCUT2D eigenvalue weighted by Gasteiger charge is 2.24. The maximum Gasteiger partial charge on any atom is 0.227 e. The van der Waals surface area contributed by atoms with Gasteiger partial charge < -0.3 is 29.9 Å². The second-order valence-electron chi connectivity index (χ2n) is 8.93. The lowest BCUT2D eigenvalue weighted by atomic mass is 10.1. The number of aromatic nitrogens is 2. The Kier molecular flexibility index (Phi) is 8.97. The molecule has 0 bridgehead atoms. The fourth-order valence-corrected chi connectivity index (χ4v) is 4.31. The molecule has 0 radical (unpaired) electrons. The Labute approximate surface area is 223 Å². The van der Waals surface area contributed by atoms with Gasteiger partial charge in [-0.25, -0.2) is 9.97 Å². The van der Waals surface area contributed by atoms with Gasteiger partial charge in [0.2, 0.25) is 11.8 Å². The zero-order chi connectivity index (χ0) is 26.9. The van der Waals surface area contributed by atoms with Crippen molar-refractivity contribution in [1.29, 1.82) is 0 Å². The number of benzene rings is 2. The van der Waals surface area contributed by atoms with Crippen LogP contribution in [0.25, 0.3) is 11.4 Å². The molecule has 2 heterocycles. The third-order valence-electron chi connectivity index (χ3n) is 6.34. The maximum absolute atomic E-state index is 13.1. The smallest absolute Gasteiger partial charge is 0.227 e. The van der Waals surface area contributed by atoms with Gasteiger partial charge in [-0.1, -0.05) is 30.3 Å². The molecule has 38 heavy (non-hydrogen) atoms. The largest absolute Gasteiger partial charge is 0.497 e. The van der Waals surface area contributed by atoms with E-state index in [1.54, 1.807) is 14.2 Å². The van der Waals surface area contributed by atoms with Crippen LogP contribution in [0.15, 0.2) is 54.6 Å². The van der Waals surface area contributed by atoms with Crippen LogP contribution < -0.4 is 25.0 Å². The molecule has 10 heteroatoms. The van der Waals surface area contributed by atoms with E-state index < -0.39 is 0 Å². The monoisotopic (exact) mass is 518 g/mol. The summed E-state index contributed by atoms with van der Waals surface area (Å²) in [5, 5.41) is 6.06. The minimum absolute atomic E-state index is 0.0455. The molecule has 1 fully saturated rings. The molecular weight excluding hydrogens is 484 g/mol. The molecule has 1 aliphatic heterocycles. The van der Waals surface area contributed by atoms with E-state index in [0.29, 0.717) is 62.4 Å². The van der Waals surface area contributed by atoms with Crippen molar-refractivity contribution in [1.82, 2.24) is 20.2 Å². The summed E-state index contributed by atoms with van der Waals surface area (Å²) < 4.78 is 10.8. The molecule has 1 aromatic heterocycles. The Morgan fingerprint density at radius 1 is 0.921 bits per heavy atom. The van der Waals surface area contributed by atoms with Crippen LogP contribution in [-0.4, -0.2) is 80.2 Å². The fourth-order valence-electron chi connectivity index (χ4n) is 4.31. The molecule has 0 aliphatic carbocycles. The molecule has 2 aromatic carbocycles. The molecular formula is C28H34N6O4. The second kappa shape index (κ2) is 12.8. The van der Waals surface area contributed by atoms with E-state index in [2.05, 4.69) is 20.5 Å². The molecule has 1 aliphatic rings. The summed E-state index contributed by atoms with van der Waals surface area (Å²) in [6.07, 6.45) is 0.244. The number of methoxy groups -OCH3 is 2. The van der Waals surface area contributed by atoms with Gasteiger partial charge in [0, 0.05) is 63.4 Å². The summed E-state index contributed by atoms with van der Waals surface area (Å²) in [6.45, 7) is 5.00. The third-order valence-corrected chi connectivity index (χ3v) is 6.34. The lowest BCUT2D eigenvalue weighted by Gasteiger charge is -2.35. The summed E-state index contributed by atoms with van der Waals surface area (Å²) in [4.78, 5) is 37.9. The zero-order valence-electron chi connectivity index (χ0n) is 22.1. The number of rotatable bonds is 10. The Bertz CT molecular complexity index is 1250. The van der Waals surface area contributed by atoms with E-state index in [1.165, 1.54) is 6.92 Å². The van der Waals surface area contributed by atoms with Crippen molar-refractivity contribution < 1.29 is 19.1 Å². The van der Waals surface area contributed by atoms with Gasteiger partial charge >= 0.3 is 0 Å². The molecule has 200 valence electrons. The number of ether oxygens (including phenoxy) is 2. The van der Waals surface area contributed by atoms with Crippen molar-refractivity contribution in [3.63, 3.8) is 0 Å². The predicted molar refractivity (Wildman–Crippen MR) is 147 cm³/mol. The van der Waals surface area contributed by atoms with E-state index in [4.69, 9.17) is 14.5 Å². The lowest BCUT2D eigenvalue weighted by Crippen LogP contribution is -2.49. The molecule has 0 spiro atoms. The van der Waals surface area contributed by atoms with Gasteiger partial charge in [-0.3, -0.25) is 9.59 Å². The molecule has 2 N–H and O–H groups in total. The number of piperazine rings is 1. The molecule has 1 saturated heterocycles. The van der Waals surface area contributed by atoms with E-state index in [9.17, 15) is 9.59 Å². The van der Waals surface area contributed by atoms with Gasteiger partial charge in [0.05, 0.1) is 20.6 Å². The standard InChI is InChI=1S/C28H34N6O4/c1-20(35)29-11-12-30-25-19-26(32-28(31-25)21-7-5-4-6-8-21)33-13-15-34(16-14-33)27(36)18-22-17-23(37-2)9-10-24(22)38-3/h4-10,17,19H,11-16,18H2,1-3H3,(H,29,35)(H,30,31,32). The van der Waals surface area contributed by atoms with Crippen molar-refractivity contribution in [2.45, 2.75) is 13.3 Å². The number of amides is 2. The fraction of sp³-hybridized carbons (Fsp3) is 0.357. The highest BCUT2D eigenvalue weighted by Crippen LogP contribution is 2.26. The molecule has 0 saturated carbocycles. The maximum atomic E-state index is 13.1. The van der Waals surface area contributed by atoms with Gasteiger partial charge in [0.1, 0.15) is 23.1 Å². The molecule has 10 nitrogen and oxygen atoms in total. The molecule has 4 rings (SSSR count). The van der Waals surface area contributed by atoms with Gasteiger partial charge in [-0.15, -0.1) is 0 Å². The van der Waals surface area contributed by atoms with Crippen LogP contribution in [0, 0.1) is 0 Å². The van der Waals surface area contributed by atoms with E-state index in [-0.39, 0.29) is 18.2 Å². The summed E-state index contributed by atoms with van der Waals surface area (Å²) in [5.41, 5.74) is 1.72. The summed E-state index contributed by atoms with van der Waals surface area (Å²) in [7, 11) is 3.20. The predicted octanol–water partition coefficient (Wildman–Crippen LogP) is 2.60. The number of carbonyl (C=O) groups is 2. The minimum Gasteiger partial charge on any atom is -0.497 e. The second-order valence-corrected chi connectivity index (χ2v) is 8.93. The van der Waals surface area contributed by atoms with Gasteiger partial charge in [0.25, 0.3) is 0 Å². The first-order chi connectivity index (χ1) is 18.5. The van der Waals surface area contributed by atoms with E-state index in [1.807, 2.05) is 59.5 Å². The molecule has 0 unspecified atom stereocenters. The van der Waals surface area contributed by atoms with Crippen LogP contribution in [0.4, 0.5) is 11.6 Å². The highest BCUT2D eigenvalue weighted by atomic mass is 16.5. The van der Waals surface area contributed by atoms with Gasteiger partial charge in [0.15, 0.2) is 5.82 Å². The number of nitrogens with zero attached hydrogens (tertiary/aromatic N) is 4. The number of anilines is 2. The summed E-state index contributed by atoms with van der Waals surface area (Å²) >= 11 is 0. The summed E-state index contributed by atoms with van der Waals surface area (Å²) in [5.74, 6) is 3.43. The Morgan fingerprint density at radius 2 is 1.68 bits per heavy atom. The van der Waals surface area contributed by atoms with Crippen molar-refractivity contribution >= 4 is 23.5 Å². The van der Waals surface area contributed by atoms with Crippen LogP contribution in [0.3, 0.4) is 0 Å². The van der Waals surface area contributed by atoms with Crippen molar-refractivity contribution in [3.05, 3.63) is 60.2 Å². The molecule has 3 aromatic rings. The SMILES string of the molecule is COc1ccc(OC)c(CC(=O)N2CCN(c3cc(NCCNC(C)=O)nc(-c4ccccc4)n3)CC2)c1. The Hall–Kier alpha value is -4.34. The highest BCUT2D eigenvalue weighted by molar-refractivity contribution is 5.80. The third kappa shape index (κ3) is 6.90. The Morgan fingerprint density at radius 3 is 2.37 bits per heavy atom. The van der Waals surface area contributed by atoms with Crippen LogP contribution in [0.1, 0.15) is 12.5 Å². The number of hydrogen-bond acceptors (Lipinski definition) is 8. The average Bonchev–Trinajstić information content (AvgIpc) is 2.95. The van der Waals surface area contributed by atoms with Crippen LogP contribution >= 0.6 is 0 Å². The Balaban J connectivity index is 1.44. The van der Waals surface area contributed by atoms with Crippen LogP contribution in [-0.2, 0) is 16.0 Å². The normalized spacial score (nSPS) is 13.1.